The molecule has 2 N–H and O–H groups in total. The van der Waals surface area contributed by atoms with Crippen LogP contribution in [0.1, 0.15) is 19.0 Å². The van der Waals surface area contributed by atoms with E-state index in [1.165, 1.54) is 0 Å². The number of rotatable bonds is 2. The monoisotopic (exact) mass is 217 g/mol. The lowest BCUT2D eigenvalue weighted by Crippen LogP contribution is -2.30. The van der Waals surface area contributed by atoms with Gasteiger partial charge in [0.25, 0.3) is 0 Å². The van der Waals surface area contributed by atoms with Crippen LogP contribution in [0.15, 0.2) is 12.4 Å². The van der Waals surface area contributed by atoms with Crippen LogP contribution in [0.5, 0.6) is 0 Å². The molecule has 2 atom stereocenters. The van der Waals surface area contributed by atoms with Crippen molar-refractivity contribution in [3.63, 3.8) is 0 Å². The van der Waals surface area contributed by atoms with E-state index in [0.29, 0.717) is 17.4 Å². The van der Waals surface area contributed by atoms with Gasteiger partial charge < -0.3 is 10.6 Å². The quantitative estimate of drug-likeness (QED) is 0.781. The molecule has 0 aromatic carbocycles. The molecule has 2 heterocycles. The molecule has 16 heavy (non-hydrogen) atoms. The van der Waals surface area contributed by atoms with Crippen LogP contribution >= 0.6 is 0 Å². The molecule has 1 aliphatic heterocycles. The molecule has 0 saturated carbocycles. The third-order valence-corrected chi connectivity index (χ3v) is 3.05. The van der Waals surface area contributed by atoms with Crippen LogP contribution in [0.25, 0.3) is 0 Å². The van der Waals surface area contributed by atoms with Crippen LogP contribution < -0.4 is 10.6 Å². The molecule has 0 aliphatic carbocycles. The van der Waals surface area contributed by atoms with E-state index in [1.54, 1.807) is 12.4 Å². The van der Waals surface area contributed by atoms with Crippen molar-refractivity contribution in [1.29, 1.82) is 5.26 Å². The molecule has 0 spiro atoms. The van der Waals surface area contributed by atoms with E-state index in [0.717, 1.165) is 19.5 Å². The fourth-order valence-corrected chi connectivity index (χ4v) is 2.05. The number of nitrogens with two attached hydrogens (primary N) is 1. The molecule has 5 heteroatoms. The molecule has 1 aromatic heterocycles. The number of nitriles is 1. The summed E-state index contributed by atoms with van der Waals surface area (Å²) in [6.45, 7) is 3.79. The summed E-state index contributed by atoms with van der Waals surface area (Å²) in [6.07, 6.45) is 4.22. The predicted octanol–water partition coefficient (Wildman–Crippen LogP) is 0.522. The summed E-state index contributed by atoms with van der Waals surface area (Å²) >= 11 is 0. The maximum Gasteiger partial charge on any atom is 0.183 e. The van der Waals surface area contributed by atoms with E-state index in [4.69, 9.17) is 11.0 Å². The second-order valence-corrected chi connectivity index (χ2v) is 4.19. The third kappa shape index (κ3) is 1.97. The van der Waals surface area contributed by atoms with E-state index >= 15 is 0 Å². The largest absolute Gasteiger partial charge is 0.354 e. The summed E-state index contributed by atoms with van der Waals surface area (Å²) < 4.78 is 0. The summed E-state index contributed by atoms with van der Waals surface area (Å²) in [5.74, 6) is 1.17. The highest BCUT2D eigenvalue weighted by atomic mass is 15.2. The zero-order chi connectivity index (χ0) is 11.5. The van der Waals surface area contributed by atoms with Crippen molar-refractivity contribution in [2.45, 2.75) is 19.4 Å². The molecule has 0 amide bonds. The van der Waals surface area contributed by atoms with Gasteiger partial charge in [-0.2, -0.15) is 5.26 Å². The Kier molecular flexibility index (Phi) is 3.02. The van der Waals surface area contributed by atoms with E-state index in [1.807, 2.05) is 6.92 Å². The molecule has 0 bridgehead atoms. The van der Waals surface area contributed by atoms with Gasteiger partial charge in [-0.15, -0.1) is 0 Å². The Morgan fingerprint density at radius 3 is 2.94 bits per heavy atom. The zero-order valence-electron chi connectivity index (χ0n) is 9.30. The summed E-state index contributed by atoms with van der Waals surface area (Å²) in [4.78, 5) is 10.3. The van der Waals surface area contributed by atoms with Crippen molar-refractivity contribution in [2.24, 2.45) is 11.7 Å². The Morgan fingerprint density at radius 1 is 1.56 bits per heavy atom. The molecule has 2 rings (SSSR count). The molecular weight excluding hydrogens is 202 g/mol. The minimum absolute atomic E-state index is 0.187. The van der Waals surface area contributed by atoms with E-state index < -0.39 is 0 Å². The first kappa shape index (κ1) is 10.8. The van der Waals surface area contributed by atoms with Gasteiger partial charge >= 0.3 is 0 Å². The Labute approximate surface area is 94.9 Å². The molecular formula is C11H15N5. The summed E-state index contributed by atoms with van der Waals surface area (Å²) in [5, 5.41) is 8.95. The van der Waals surface area contributed by atoms with Crippen LogP contribution in [-0.4, -0.2) is 29.1 Å². The van der Waals surface area contributed by atoms with Gasteiger partial charge in [-0.25, -0.2) is 9.97 Å². The van der Waals surface area contributed by atoms with Gasteiger partial charge in [0.2, 0.25) is 0 Å². The van der Waals surface area contributed by atoms with Crippen LogP contribution in [0.4, 0.5) is 5.82 Å². The fraction of sp³-hybridized carbons (Fsp3) is 0.545. The minimum Gasteiger partial charge on any atom is -0.354 e. The Hall–Kier alpha value is -1.67. The first-order valence-electron chi connectivity index (χ1n) is 5.44. The summed E-state index contributed by atoms with van der Waals surface area (Å²) in [6, 6.07) is 2.26. The standard InChI is InChI=1S/C11H15N5/c1-8(13)9-2-5-16(7-9)11-10(6-12)14-3-4-15-11/h3-4,8-9H,2,5,7,13H2,1H3. The van der Waals surface area contributed by atoms with E-state index in [-0.39, 0.29) is 6.04 Å². The molecule has 5 nitrogen and oxygen atoms in total. The number of aromatic nitrogens is 2. The second-order valence-electron chi connectivity index (χ2n) is 4.19. The first-order chi connectivity index (χ1) is 7.72. The zero-order valence-corrected chi connectivity index (χ0v) is 9.30. The van der Waals surface area contributed by atoms with Crippen LogP contribution in [-0.2, 0) is 0 Å². The van der Waals surface area contributed by atoms with Crippen molar-refractivity contribution in [2.75, 3.05) is 18.0 Å². The van der Waals surface area contributed by atoms with Crippen molar-refractivity contribution in [3.05, 3.63) is 18.1 Å². The SMILES string of the molecule is CC(N)C1CCN(c2nccnc2C#N)C1. The molecule has 84 valence electrons. The molecule has 1 aliphatic rings. The van der Waals surface area contributed by atoms with Gasteiger partial charge in [-0.05, 0) is 19.3 Å². The normalized spacial score (nSPS) is 21.8. The van der Waals surface area contributed by atoms with Gasteiger partial charge in [0.1, 0.15) is 6.07 Å². The molecule has 1 aromatic rings. The highest BCUT2D eigenvalue weighted by Gasteiger charge is 2.27. The first-order valence-corrected chi connectivity index (χ1v) is 5.44. The van der Waals surface area contributed by atoms with Crippen molar-refractivity contribution < 1.29 is 0 Å². The van der Waals surface area contributed by atoms with Crippen LogP contribution in [0, 0.1) is 17.2 Å². The number of anilines is 1. The van der Waals surface area contributed by atoms with E-state index in [2.05, 4.69) is 20.9 Å². The van der Waals surface area contributed by atoms with Crippen molar-refractivity contribution in [3.8, 4) is 6.07 Å². The summed E-state index contributed by atoms with van der Waals surface area (Å²) in [5.41, 5.74) is 6.28. The minimum atomic E-state index is 0.187. The van der Waals surface area contributed by atoms with Gasteiger partial charge in [-0.3, -0.25) is 0 Å². The Morgan fingerprint density at radius 2 is 2.31 bits per heavy atom. The molecule has 2 unspecified atom stereocenters. The lowest BCUT2D eigenvalue weighted by atomic mass is 10.0. The van der Waals surface area contributed by atoms with Gasteiger partial charge in [-0.1, -0.05) is 0 Å². The number of nitrogens with zero attached hydrogens (tertiary/aromatic N) is 4. The molecule has 0 radical (unpaired) electrons. The highest BCUT2D eigenvalue weighted by Crippen LogP contribution is 2.24. The highest BCUT2D eigenvalue weighted by molar-refractivity contribution is 5.50. The third-order valence-electron chi connectivity index (χ3n) is 3.05. The maximum absolute atomic E-state index is 8.95. The second kappa shape index (κ2) is 4.45. The van der Waals surface area contributed by atoms with Gasteiger partial charge in [0, 0.05) is 31.5 Å². The van der Waals surface area contributed by atoms with Gasteiger partial charge in [0.15, 0.2) is 11.5 Å². The topological polar surface area (TPSA) is 78.8 Å². The molecule has 1 fully saturated rings. The molecule has 1 saturated heterocycles. The van der Waals surface area contributed by atoms with Crippen LogP contribution in [0.3, 0.4) is 0 Å². The van der Waals surface area contributed by atoms with Crippen molar-refractivity contribution in [1.82, 2.24) is 9.97 Å². The number of hydrogen-bond acceptors (Lipinski definition) is 5. The lowest BCUT2D eigenvalue weighted by molar-refractivity contribution is 0.488. The lowest BCUT2D eigenvalue weighted by Gasteiger charge is -2.19. The predicted molar refractivity (Wildman–Crippen MR) is 60.7 cm³/mol. The van der Waals surface area contributed by atoms with Crippen molar-refractivity contribution >= 4 is 5.82 Å². The summed E-state index contributed by atoms with van der Waals surface area (Å²) in [7, 11) is 0. The van der Waals surface area contributed by atoms with Gasteiger partial charge in [0.05, 0.1) is 0 Å². The smallest absolute Gasteiger partial charge is 0.183 e. The fourth-order valence-electron chi connectivity index (χ4n) is 2.05. The average molecular weight is 217 g/mol. The average Bonchev–Trinajstić information content (AvgIpc) is 2.78. The Bertz CT molecular complexity index is 409. The van der Waals surface area contributed by atoms with E-state index in [9.17, 15) is 0 Å². The van der Waals surface area contributed by atoms with Crippen LogP contribution in [0.2, 0.25) is 0 Å². The maximum atomic E-state index is 8.95. The Balaban J connectivity index is 2.18. The number of hydrogen-bond donors (Lipinski definition) is 1.